The van der Waals surface area contributed by atoms with E-state index >= 15 is 0 Å². The molecule has 3 rings (SSSR count). The van der Waals surface area contributed by atoms with Crippen LogP contribution in [0.1, 0.15) is 38.7 Å². The zero-order valence-corrected chi connectivity index (χ0v) is 19.2. The predicted octanol–water partition coefficient (Wildman–Crippen LogP) is 2.98. The number of ether oxygens (including phenoxy) is 1. The molecule has 0 bridgehead atoms. The number of likely N-dealkylation sites (N-methyl/N-ethyl adjacent to an activating group) is 1. The highest BCUT2D eigenvalue weighted by Crippen LogP contribution is 2.29. The average Bonchev–Trinajstić information content (AvgIpc) is 3.39. The Morgan fingerprint density at radius 2 is 2.11 bits per heavy atom. The Morgan fingerprint density at radius 1 is 1.33 bits per heavy atom. The molecule has 27 heavy (non-hydrogen) atoms. The first-order valence-corrected chi connectivity index (χ1v) is 10.0. The summed E-state index contributed by atoms with van der Waals surface area (Å²) in [5.74, 6) is 2.46. The Bertz CT molecular complexity index is 604. The number of hydrogen-bond donors (Lipinski definition) is 1. The molecule has 1 aliphatic heterocycles. The quantitative estimate of drug-likeness (QED) is 0.347. The lowest BCUT2D eigenvalue weighted by molar-refractivity contribution is 0.223. The van der Waals surface area contributed by atoms with E-state index in [0.717, 1.165) is 57.1 Å². The van der Waals surface area contributed by atoms with Gasteiger partial charge in [-0.05, 0) is 49.9 Å². The fraction of sp³-hybridized carbons (Fsp3) is 0.700. The van der Waals surface area contributed by atoms with E-state index in [4.69, 9.17) is 4.74 Å². The summed E-state index contributed by atoms with van der Waals surface area (Å²) in [7, 11) is 1.86. The van der Waals surface area contributed by atoms with E-state index in [-0.39, 0.29) is 24.0 Å². The number of rotatable bonds is 8. The molecule has 0 radical (unpaired) electrons. The highest BCUT2D eigenvalue weighted by Gasteiger charge is 2.28. The van der Waals surface area contributed by atoms with Crippen LogP contribution in [0.15, 0.2) is 23.3 Å². The minimum atomic E-state index is 0. The SMILES string of the molecule is CCN(CC)C1CCN(C(=NC)NCc2ccnc(OCC3CC3)c2)C1.I. The number of pyridine rings is 1. The van der Waals surface area contributed by atoms with Crippen LogP contribution in [-0.4, -0.2) is 66.6 Å². The van der Waals surface area contributed by atoms with Crippen molar-refractivity contribution in [2.45, 2.75) is 45.7 Å². The fourth-order valence-corrected chi connectivity index (χ4v) is 3.61. The molecule has 0 amide bonds. The van der Waals surface area contributed by atoms with Crippen molar-refractivity contribution in [3.8, 4) is 5.88 Å². The van der Waals surface area contributed by atoms with Crippen molar-refractivity contribution in [3.63, 3.8) is 0 Å². The summed E-state index contributed by atoms with van der Waals surface area (Å²) >= 11 is 0. The molecule has 2 aliphatic rings. The van der Waals surface area contributed by atoms with Gasteiger partial charge in [0.05, 0.1) is 6.61 Å². The van der Waals surface area contributed by atoms with Gasteiger partial charge in [-0.1, -0.05) is 13.8 Å². The van der Waals surface area contributed by atoms with Crippen molar-refractivity contribution in [3.05, 3.63) is 23.9 Å². The van der Waals surface area contributed by atoms with Crippen molar-refractivity contribution in [1.29, 1.82) is 0 Å². The summed E-state index contributed by atoms with van der Waals surface area (Å²) < 4.78 is 5.78. The van der Waals surface area contributed by atoms with E-state index in [1.54, 1.807) is 0 Å². The zero-order chi connectivity index (χ0) is 18.4. The minimum Gasteiger partial charge on any atom is -0.477 e. The van der Waals surface area contributed by atoms with Crippen LogP contribution in [0.3, 0.4) is 0 Å². The third-order valence-corrected chi connectivity index (χ3v) is 5.42. The molecule has 1 aromatic heterocycles. The Kier molecular flexibility index (Phi) is 9.08. The largest absolute Gasteiger partial charge is 0.477 e. The maximum Gasteiger partial charge on any atom is 0.213 e. The summed E-state index contributed by atoms with van der Waals surface area (Å²) in [4.78, 5) is 13.7. The zero-order valence-electron chi connectivity index (χ0n) is 16.9. The van der Waals surface area contributed by atoms with Crippen LogP contribution in [0.2, 0.25) is 0 Å². The summed E-state index contributed by atoms with van der Waals surface area (Å²) in [6.45, 7) is 10.4. The molecule has 1 saturated carbocycles. The van der Waals surface area contributed by atoms with E-state index in [9.17, 15) is 0 Å². The van der Waals surface area contributed by atoms with Gasteiger partial charge in [-0.3, -0.25) is 9.89 Å². The number of nitrogens with one attached hydrogen (secondary N) is 1. The van der Waals surface area contributed by atoms with Gasteiger partial charge in [-0.2, -0.15) is 0 Å². The Balaban J connectivity index is 0.00000261. The second-order valence-corrected chi connectivity index (χ2v) is 7.27. The van der Waals surface area contributed by atoms with E-state index < -0.39 is 0 Å². The predicted molar refractivity (Wildman–Crippen MR) is 121 cm³/mol. The third-order valence-electron chi connectivity index (χ3n) is 5.42. The smallest absolute Gasteiger partial charge is 0.213 e. The molecule has 1 N–H and O–H groups in total. The summed E-state index contributed by atoms with van der Waals surface area (Å²) in [5, 5.41) is 3.50. The van der Waals surface area contributed by atoms with E-state index in [0.29, 0.717) is 6.04 Å². The van der Waals surface area contributed by atoms with E-state index in [1.807, 2.05) is 25.4 Å². The van der Waals surface area contributed by atoms with Crippen LogP contribution in [0.25, 0.3) is 0 Å². The van der Waals surface area contributed by atoms with Gasteiger partial charge in [0.25, 0.3) is 0 Å². The standard InChI is InChI=1S/C20H33N5O.HI/c1-4-24(5-2)18-9-11-25(14-18)20(21-3)23-13-17-8-10-22-19(12-17)26-15-16-6-7-16;/h8,10,12,16,18H,4-7,9,11,13-15H2,1-3H3,(H,21,23);1H. The molecular weight excluding hydrogens is 453 g/mol. The number of guanidine groups is 1. The summed E-state index contributed by atoms with van der Waals surface area (Å²) in [6.07, 6.45) is 5.62. The monoisotopic (exact) mass is 487 g/mol. The molecule has 1 aliphatic carbocycles. The van der Waals surface area contributed by atoms with Gasteiger partial charge in [-0.25, -0.2) is 4.98 Å². The molecule has 0 aromatic carbocycles. The van der Waals surface area contributed by atoms with Gasteiger partial charge in [0.15, 0.2) is 5.96 Å². The molecule has 152 valence electrons. The molecule has 7 heteroatoms. The van der Waals surface area contributed by atoms with Crippen LogP contribution in [0.5, 0.6) is 5.88 Å². The minimum absolute atomic E-state index is 0. The van der Waals surface area contributed by atoms with Crippen molar-refractivity contribution in [1.82, 2.24) is 20.1 Å². The van der Waals surface area contributed by atoms with Crippen LogP contribution >= 0.6 is 24.0 Å². The van der Waals surface area contributed by atoms with E-state index in [1.165, 1.54) is 24.8 Å². The van der Waals surface area contributed by atoms with Crippen LogP contribution in [0, 0.1) is 5.92 Å². The number of nitrogens with zero attached hydrogens (tertiary/aromatic N) is 4. The van der Waals surface area contributed by atoms with Crippen molar-refractivity contribution >= 4 is 29.9 Å². The second-order valence-electron chi connectivity index (χ2n) is 7.27. The number of aromatic nitrogens is 1. The van der Waals surface area contributed by atoms with Crippen LogP contribution in [0.4, 0.5) is 0 Å². The maximum absolute atomic E-state index is 5.78. The molecule has 1 atom stereocenters. The van der Waals surface area contributed by atoms with Crippen molar-refractivity contribution < 1.29 is 4.74 Å². The van der Waals surface area contributed by atoms with Crippen molar-refractivity contribution in [2.75, 3.05) is 39.8 Å². The molecule has 1 aromatic rings. The summed E-state index contributed by atoms with van der Waals surface area (Å²) in [5.41, 5.74) is 1.17. The lowest BCUT2D eigenvalue weighted by Crippen LogP contribution is -2.43. The maximum atomic E-state index is 5.78. The number of likely N-dealkylation sites (tertiary alicyclic amines) is 1. The van der Waals surface area contributed by atoms with Crippen molar-refractivity contribution in [2.24, 2.45) is 10.9 Å². The lowest BCUT2D eigenvalue weighted by atomic mass is 10.2. The molecular formula is C20H34IN5O. The number of hydrogen-bond acceptors (Lipinski definition) is 4. The van der Waals surface area contributed by atoms with Gasteiger partial charge >= 0.3 is 0 Å². The van der Waals surface area contributed by atoms with Crippen LogP contribution < -0.4 is 10.1 Å². The average molecular weight is 487 g/mol. The highest BCUT2D eigenvalue weighted by molar-refractivity contribution is 14.0. The molecule has 2 fully saturated rings. The number of halogens is 1. The first-order valence-electron chi connectivity index (χ1n) is 10.0. The molecule has 0 spiro atoms. The topological polar surface area (TPSA) is 53.0 Å². The molecule has 1 saturated heterocycles. The van der Waals surface area contributed by atoms with Gasteiger partial charge in [0, 0.05) is 45.0 Å². The van der Waals surface area contributed by atoms with Crippen LogP contribution in [-0.2, 0) is 6.54 Å². The summed E-state index contributed by atoms with van der Waals surface area (Å²) in [6, 6.07) is 4.70. The number of aliphatic imine (C=N–C) groups is 1. The van der Waals surface area contributed by atoms with E-state index in [2.05, 4.69) is 38.9 Å². The van der Waals surface area contributed by atoms with Gasteiger partial charge < -0.3 is 15.0 Å². The molecule has 6 nitrogen and oxygen atoms in total. The third kappa shape index (κ3) is 6.48. The Hall–Kier alpha value is -1.09. The second kappa shape index (κ2) is 11.0. The Morgan fingerprint density at radius 3 is 2.78 bits per heavy atom. The van der Waals surface area contributed by atoms with Gasteiger partial charge in [-0.15, -0.1) is 24.0 Å². The first kappa shape index (κ1) is 22.2. The fourth-order valence-electron chi connectivity index (χ4n) is 3.61. The normalized spacial score (nSPS) is 19.9. The molecule has 1 unspecified atom stereocenters. The van der Waals surface area contributed by atoms with Gasteiger partial charge in [0.1, 0.15) is 0 Å². The lowest BCUT2D eigenvalue weighted by Gasteiger charge is -2.27. The first-order chi connectivity index (χ1) is 12.7. The highest BCUT2D eigenvalue weighted by atomic mass is 127. The van der Waals surface area contributed by atoms with Gasteiger partial charge in [0.2, 0.25) is 5.88 Å². The Labute approximate surface area is 180 Å². The molecule has 2 heterocycles.